The molecule has 3 nitrogen and oxygen atoms in total. The van der Waals surface area contributed by atoms with Crippen LogP contribution in [-0.4, -0.2) is 38.8 Å². The van der Waals surface area contributed by atoms with Gasteiger partial charge in [0, 0.05) is 6.61 Å². The summed E-state index contributed by atoms with van der Waals surface area (Å²) in [5.41, 5.74) is -0.524. The lowest BCUT2D eigenvalue weighted by molar-refractivity contribution is -0.0520. The minimum atomic E-state index is -1.66. The molecule has 0 amide bonds. The molecule has 0 aliphatic carbocycles. The van der Waals surface area contributed by atoms with E-state index in [0.717, 1.165) is 18.1 Å². The highest BCUT2D eigenvalue weighted by Gasteiger charge is 2.37. The van der Waals surface area contributed by atoms with Crippen LogP contribution in [0.15, 0.2) is 0 Å². The molecular formula is C12H28O3Si. The molecule has 0 aliphatic rings. The Bertz CT molecular complexity index is 175. The van der Waals surface area contributed by atoms with Gasteiger partial charge in [-0.25, -0.2) is 0 Å². The molecule has 0 unspecified atom stereocenters. The molecule has 0 saturated heterocycles. The SMILES string of the molecule is CCOC[C@@](C)(CO)O[Si](CC)(CC)CC. The van der Waals surface area contributed by atoms with Gasteiger partial charge in [-0.05, 0) is 32.0 Å². The molecule has 16 heavy (non-hydrogen) atoms. The Morgan fingerprint density at radius 3 is 1.88 bits per heavy atom. The normalized spacial score (nSPS) is 16.1. The summed E-state index contributed by atoms with van der Waals surface area (Å²) in [6.07, 6.45) is 0. The van der Waals surface area contributed by atoms with Crippen molar-refractivity contribution in [3.8, 4) is 0 Å². The van der Waals surface area contributed by atoms with Gasteiger partial charge in [0.25, 0.3) is 0 Å². The van der Waals surface area contributed by atoms with Crippen molar-refractivity contribution in [3.63, 3.8) is 0 Å². The monoisotopic (exact) mass is 248 g/mol. The highest BCUT2D eigenvalue weighted by molar-refractivity contribution is 6.73. The molecule has 1 atom stereocenters. The minimum absolute atomic E-state index is 0.0295. The van der Waals surface area contributed by atoms with E-state index in [0.29, 0.717) is 13.2 Å². The molecule has 4 heteroatoms. The number of aliphatic hydroxyl groups excluding tert-OH is 1. The maximum Gasteiger partial charge on any atom is 0.193 e. The van der Waals surface area contributed by atoms with Gasteiger partial charge in [0.1, 0.15) is 0 Å². The van der Waals surface area contributed by atoms with Crippen molar-refractivity contribution in [2.75, 3.05) is 19.8 Å². The summed E-state index contributed by atoms with van der Waals surface area (Å²) in [6, 6.07) is 3.30. The molecule has 0 rings (SSSR count). The minimum Gasteiger partial charge on any atom is -0.407 e. The molecule has 0 aromatic carbocycles. The van der Waals surface area contributed by atoms with Crippen LogP contribution in [0, 0.1) is 0 Å². The van der Waals surface area contributed by atoms with Crippen LogP contribution in [0.3, 0.4) is 0 Å². The summed E-state index contributed by atoms with van der Waals surface area (Å²) >= 11 is 0. The number of hydrogen-bond acceptors (Lipinski definition) is 3. The van der Waals surface area contributed by atoms with Gasteiger partial charge in [0.15, 0.2) is 8.32 Å². The second-order valence-corrected chi connectivity index (χ2v) is 9.28. The molecule has 98 valence electrons. The van der Waals surface area contributed by atoms with Crippen LogP contribution in [0.1, 0.15) is 34.6 Å². The third-order valence-electron chi connectivity index (χ3n) is 3.34. The molecule has 0 heterocycles. The summed E-state index contributed by atoms with van der Waals surface area (Å²) in [6.45, 7) is 11.7. The van der Waals surface area contributed by atoms with Gasteiger partial charge in [-0.3, -0.25) is 0 Å². The fraction of sp³-hybridized carbons (Fsp3) is 1.00. The summed E-state index contributed by atoms with van der Waals surface area (Å²) in [7, 11) is -1.66. The van der Waals surface area contributed by atoms with Gasteiger partial charge in [-0.15, -0.1) is 0 Å². The van der Waals surface area contributed by atoms with E-state index in [1.165, 1.54) is 0 Å². The van der Waals surface area contributed by atoms with Crippen molar-refractivity contribution in [2.45, 2.75) is 58.4 Å². The second-order valence-electron chi connectivity index (χ2n) is 4.59. The Labute approximate surface area is 101 Å². The molecule has 1 N–H and O–H groups in total. The first-order chi connectivity index (χ1) is 7.51. The summed E-state index contributed by atoms with van der Waals surface area (Å²) in [5, 5.41) is 9.48. The van der Waals surface area contributed by atoms with Crippen molar-refractivity contribution in [1.29, 1.82) is 0 Å². The number of rotatable bonds is 9. The van der Waals surface area contributed by atoms with Crippen LogP contribution in [0.5, 0.6) is 0 Å². The van der Waals surface area contributed by atoms with Gasteiger partial charge >= 0.3 is 0 Å². The average Bonchev–Trinajstić information content (AvgIpc) is 2.34. The van der Waals surface area contributed by atoms with Crippen molar-refractivity contribution in [1.82, 2.24) is 0 Å². The second kappa shape index (κ2) is 7.43. The Balaban J connectivity index is 4.58. The van der Waals surface area contributed by atoms with Gasteiger partial charge in [0.2, 0.25) is 0 Å². The smallest absolute Gasteiger partial charge is 0.193 e. The van der Waals surface area contributed by atoms with E-state index in [4.69, 9.17) is 9.16 Å². The lowest BCUT2D eigenvalue weighted by Crippen LogP contribution is -2.50. The van der Waals surface area contributed by atoms with Crippen LogP contribution in [0.4, 0.5) is 0 Å². The van der Waals surface area contributed by atoms with E-state index in [-0.39, 0.29) is 6.61 Å². The van der Waals surface area contributed by atoms with Gasteiger partial charge in [-0.1, -0.05) is 20.8 Å². The van der Waals surface area contributed by atoms with Crippen LogP contribution in [0.25, 0.3) is 0 Å². The highest BCUT2D eigenvalue weighted by Crippen LogP contribution is 2.27. The van der Waals surface area contributed by atoms with E-state index < -0.39 is 13.9 Å². The lowest BCUT2D eigenvalue weighted by atomic mass is 10.1. The van der Waals surface area contributed by atoms with Crippen molar-refractivity contribution in [2.24, 2.45) is 0 Å². The summed E-state index contributed by atoms with van der Waals surface area (Å²) < 4.78 is 11.7. The maximum atomic E-state index is 9.48. The van der Waals surface area contributed by atoms with E-state index in [9.17, 15) is 5.11 Å². The van der Waals surface area contributed by atoms with Crippen molar-refractivity contribution < 1.29 is 14.3 Å². The van der Waals surface area contributed by atoms with E-state index in [1.807, 2.05) is 13.8 Å². The third kappa shape index (κ3) is 4.53. The molecule has 0 saturated carbocycles. The van der Waals surface area contributed by atoms with Crippen molar-refractivity contribution in [3.05, 3.63) is 0 Å². The van der Waals surface area contributed by atoms with E-state index in [1.54, 1.807) is 0 Å². The van der Waals surface area contributed by atoms with E-state index in [2.05, 4.69) is 20.8 Å². The summed E-state index contributed by atoms with van der Waals surface area (Å²) in [5.74, 6) is 0. The maximum absolute atomic E-state index is 9.48. The molecule has 0 aromatic heterocycles. The first-order valence-corrected chi connectivity index (χ1v) is 8.93. The average molecular weight is 248 g/mol. The van der Waals surface area contributed by atoms with Crippen LogP contribution < -0.4 is 0 Å². The largest absolute Gasteiger partial charge is 0.407 e. The van der Waals surface area contributed by atoms with Gasteiger partial charge in [0.05, 0.1) is 18.8 Å². The molecule has 0 aliphatic heterocycles. The highest BCUT2D eigenvalue weighted by atomic mass is 28.4. The Morgan fingerprint density at radius 1 is 1.06 bits per heavy atom. The molecule has 0 aromatic rings. The molecule has 0 spiro atoms. The predicted molar refractivity (Wildman–Crippen MR) is 70.3 cm³/mol. The van der Waals surface area contributed by atoms with Crippen LogP contribution in [-0.2, 0) is 9.16 Å². The van der Waals surface area contributed by atoms with Crippen molar-refractivity contribution >= 4 is 8.32 Å². The molecule has 0 radical (unpaired) electrons. The first kappa shape index (κ1) is 16.1. The van der Waals surface area contributed by atoms with E-state index >= 15 is 0 Å². The summed E-state index contributed by atoms with van der Waals surface area (Å²) in [4.78, 5) is 0. The number of ether oxygens (including phenoxy) is 1. The fourth-order valence-electron chi connectivity index (χ4n) is 1.91. The fourth-order valence-corrected chi connectivity index (χ4v) is 5.02. The lowest BCUT2D eigenvalue weighted by Gasteiger charge is -2.39. The van der Waals surface area contributed by atoms with Crippen LogP contribution >= 0.6 is 0 Å². The predicted octanol–water partition coefficient (Wildman–Crippen LogP) is 2.80. The standard InChI is InChI=1S/C12H28O3Si/c1-6-14-11-12(5,10-13)15-16(7-2,8-3)9-4/h13H,6-11H2,1-5H3/t12-/m1/s1. The molecule has 0 bridgehead atoms. The zero-order chi connectivity index (χ0) is 12.7. The van der Waals surface area contributed by atoms with Gasteiger partial charge in [-0.2, -0.15) is 0 Å². The molecule has 0 fully saturated rings. The Kier molecular flexibility index (Phi) is 7.47. The number of hydrogen-bond donors (Lipinski definition) is 1. The third-order valence-corrected chi connectivity index (χ3v) is 8.13. The zero-order valence-electron chi connectivity index (χ0n) is 11.5. The zero-order valence-corrected chi connectivity index (χ0v) is 12.5. The topological polar surface area (TPSA) is 38.7 Å². The molecular weight excluding hydrogens is 220 g/mol. The Morgan fingerprint density at radius 2 is 1.56 bits per heavy atom. The van der Waals surface area contributed by atoms with Crippen LogP contribution in [0.2, 0.25) is 18.1 Å². The van der Waals surface area contributed by atoms with Gasteiger partial charge < -0.3 is 14.3 Å². The Hall–Kier alpha value is 0.0969. The quantitative estimate of drug-likeness (QED) is 0.638. The number of aliphatic hydroxyl groups is 1. The first-order valence-electron chi connectivity index (χ1n) is 6.40.